The lowest BCUT2D eigenvalue weighted by molar-refractivity contribution is -0.122. The summed E-state index contributed by atoms with van der Waals surface area (Å²) in [5, 5.41) is 3.14. The Hall–Kier alpha value is -1.62. The molecule has 1 aromatic rings. The number of carbonyl (C=O) groups is 1. The molecule has 0 spiro atoms. The number of benzene rings is 1. The number of halogens is 1. The molecule has 5 heteroatoms. The molecule has 2 saturated heterocycles. The third-order valence-electron chi connectivity index (χ3n) is 5.11. The van der Waals surface area contributed by atoms with Crippen molar-refractivity contribution in [3.8, 4) is 0 Å². The summed E-state index contributed by atoms with van der Waals surface area (Å²) < 4.78 is 19.3. The Morgan fingerprint density at radius 3 is 2.83 bits per heavy atom. The number of ether oxygens (including phenoxy) is 1. The van der Waals surface area contributed by atoms with Crippen LogP contribution in [-0.4, -0.2) is 38.3 Å². The first-order valence-electron chi connectivity index (χ1n) is 9.00. The molecule has 0 saturated carbocycles. The summed E-state index contributed by atoms with van der Waals surface area (Å²) in [7, 11) is 0. The van der Waals surface area contributed by atoms with Crippen LogP contribution in [0.1, 0.15) is 37.7 Å². The van der Waals surface area contributed by atoms with Crippen molar-refractivity contribution in [2.75, 3.05) is 31.2 Å². The van der Waals surface area contributed by atoms with Gasteiger partial charge in [-0.05, 0) is 56.2 Å². The molecule has 0 aromatic heterocycles. The number of nitrogens with zero attached hydrogens (tertiary/aromatic N) is 1. The molecule has 2 fully saturated rings. The van der Waals surface area contributed by atoms with Crippen molar-refractivity contribution < 1.29 is 13.9 Å². The second kappa shape index (κ2) is 7.97. The molecule has 132 valence electrons. The summed E-state index contributed by atoms with van der Waals surface area (Å²) in [5.41, 5.74) is 1.75. The van der Waals surface area contributed by atoms with Gasteiger partial charge in [-0.3, -0.25) is 4.79 Å². The maximum Gasteiger partial charge on any atom is 0.220 e. The van der Waals surface area contributed by atoms with Gasteiger partial charge in [0, 0.05) is 38.8 Å². The average molecular weight is 334 g/mol. The first-order valence-corrected chi connectivity index (χ1v) is 9.00. The van der Waals surface area contributed by atoms with E-state index in [1.807, 2.05) is 13.0 Å². The molecule has 1 unspecified atom stereocenters. The third-order valence-corrected chi connectivity index (χ3v) is 5.11. The predicted molar refractivity (Wildman–Crippen MR) is 92.7 cm³/mol. The van der Waals surface area contributed by atoms with Gasteiger partial charge in [0.05, 0.1) is 5.69 Å². The number of aryl methyl sites for hydroxylation is 1. The number of nitrogens with one attached hydrogen (secondary N) is 1. The summed E-state index contributed by atoms with van der Waals surface area (Å²) >= 11 is 0. The largest absolute Gasteiger partial charge is 0.381 e. The quantitative estimate of drug-likeness (QED) is 0.900. The number of piperidine rings is 1. The number of anilines is 1. The molecular weight excluding hydrogens is 307 g/mol. The van der Waals surface area contributed by atoms with Gasteiger partial charge in [-0.25, -0.2) is 4.39 Å². The number of rotatable bonds is 5. The maximum atomic E-state index is 14.0. The predicted octanol–water partition coefficient (Wildman–Crippen LogP) is 3.04. The SMILES string of the molecule is Cc1ccc(F)c(N2CCC(NC(=O)CCC3CCOC3)CC2)c1. The Morgan fingerprint density at radius 2 is 2.12 bits per heavy atom. The Kier molecular flexibility index (Phi) is 5.72. The molecule has 1 atom stereocenters. The van der Waals surface area contributed by atoms with Crippen LogP contribution < -0.4 is 10.2 Å². The molecule has 24 heavy (non-hydrogen) atoms. The minimum atomic E-state index is -0.165. The molecule has 0 bridgehead atoms. The first kappa shape index (κ1) is 17.2. The lowest BCUT2D eigenvalue weighted by Crippen LogP contribution is -2.45. The topological polar surface area (TPSA) is 41.6 Å². The van der Waals surface area contributed by atoms with Gasteiger partial charge in [0.1, 0.15) is 5.82 Å². The van der Waals surface area contributed by atoms with Gasteiger partial charge in [-0.1, -0.05) is 6.07 Å². The van der Waals surface area contributed by atoms with E-state index in [1.54, 1.807) is 6.07 Å². The number of amides is 1. The molecule has 2 heterocycles. The van der Waals surface area contributed by atoms with E-state index >= 15 is 0 Å². The van der Waals surface area contributed by atoms with Crippen molar-refractivity contribution in [2.24, 2.45) is 5.92 Å². The monoisotopic (exact) mass is 334 g/mol. The zero-order valence-corrected chi connectivity index (χ0v) is 14.4. The number of carbonyl (C=O) groups excluding carboxylic acids is 1. The van der Waals surface area contributed by atoms with E-state index in [2.05, 4.69) is 10.2 Å². The van der Waals surface area contributed by atoms with Crippen LogP contribution in [0.3, 0.4) is 0 Å². The van der Waals surface area contributed by atoms with E-state index in [4.69, 9.17) is 4.74 Å². The second-order valence-corrected chi connectivity index (χ2v) is 7.05. The highest BCUT2D eigenvalue weighted by molar-refractivity contribution is 5.76. The van der Waals surface area contributed by atoms with Gasteiger partial charge < -0.3 is 15.0 Å². The zero-order valence-electron chi connectivity index (χ0n) is 14.4. The molecule has 2 aliphatic rings. The molecule has 2 aliphatic heterocycles. The van der Waals surface area contributed by atoms with E-state index in [-0.39, 0.29) is 17.8 Å². The molecular formula is C19H27FN2O2. The van der Waals surface area contributed by atoms with E-state index < -0.39 is 0 Å². The van der Waals surface area contributed by atoms with Crippen LogP contribution in [0.15, 0.2) is 18.2 Å². The fourth-order valence-electron chi connectivity index (χ4n) is 3.58. The smallest absolute Gasteiger partial charge is 0.220 e. The summed E-state index contributed by atoms with van der Waals surface area (Å²) in [6.45, 7) is 5.17. The van der Waals surface area contributed by atoms with Crippen LogP contribution in [0.4, 0.5) is 10.1 Å². The first-order chi connectivity index (χ1) is 11.6. The third kappa shape index (κ3) is 4.47. The minimum absolute atomic E-state index is 0.141. The lowest BCUT2D eigenvalue weighted by atomic mass is 10.0. The van der Waals surface area contributed by atoms with Crippen molar-refractivity contribution in [3.63, 3.8) is 0 Å². The van der Waals surface area contributed by atoms with E-state index in [0.717, 1.165) is 57.6 Å². The van der Waals surface area contributed by atoms with E-state index in [1.165, 1.54) is 6.07 Å². The lowest BCUT2D eigenvalue weighted by Gasteiger charge is -2.34. The zero-order chi connectivity index (χ0) is 16.9. The van der Waals surface area contributed by atoms with Crippen molar-refractivity contribution in [1.29, 1.82) is 0 Å². The maximum absolute atomic E-state index is 14.0. The highest BCUT2D eigenvalue weighted by Crippen LogP contribution is 2.24. The van der Waals surface area contributed by atoms with Gasteiger partial charge in [0.25, 0.3) is 0 Å². The highest BCUT2D eigenvalue weighted by atomic mass is 19.1. The average Bonchev–Trinajstić information content (AvgIpc) is 3.10. The molecule has 0 aliphatic carbocycles. The standard InChI is InChI=1S/C19H27FN2O2/c1-14-2-4-17(20)18(12-14)22-9-6-16(7-10-22)21-19(23)5-3-15-8-11-24-13-15/h2,4,12,15-16H,3,5-11,13H2,1H3,(H,21,23). The fraction of sp³-hybridized carbons (Fsp3) is 0.632. The molecule has 1 amide bonds. The van der Waals surface area contributed by atoms with Gasteiger partial charge in [0.15, 0.2) is 0 Å². The Balaban J connectivity index is 1.43. The summed E-state index contributed by atoms with van der Waals surface area (Å²) in [4.78, 5) is 14.2. The highest BCUT2D eigenvalue weighted by Gasteiger charge is 2.23. The van der Waals surface area contributed by atoms with Gasteiger partial charge >= 0.3 is 0 Å². The Bertz CT molecular complexity index is 564. The molecule has 0 radical (unpaired) electrons. The van der Waals surface area contributed by atoms with Crippen LogP contribution in [0.25, 0.3) is 0 Å². The molecule has 3 rings (SSSR count). The summed E-state index contributed by atoms with van der Waals surface area (Å²) in [5.74, 6) is 0.519. The normalized spacial score (nSPS) is 21.9. The van der Waals surface area contributed by atoms with Crippen molar-refractivity contribution in [3.05, 3.63) is 29.6 Å². The van der Waals surface area contributed by atoms with Crippen molar-refractivity contribution >= 4 is 11.6 Å². The van der Waals surface area contributed by atoms with Crippen molar-refractivity contribution in [2.45, 2.75) is 45.1 Å². The second-order valence-electron chi connectivity index (χ2n) is 7.05. The van der Waals surface area contributed by atoms with Crippen LogP contribution >= 0.6 is 0 Å². The van der Waals surface area contributed by atoms with Gasteiger partial charge in [-0.15, -0.1) is 0 Å². The minimum Gasteiger partial charge on any atom is -0.381 e. The fourth-order valence-corrected chi connectivity index (χ4v) is 3.58. The number of hydrogen-bond acceptors (Lipinski definition) is 3. The summed E-state index contributed by atoms with van der Waals surface area (Å²) in [6.07, 6.45) is 4.31. The van der Waals surface area contributed by atoms with E-state index in [9.17, 15) is 9.18 Å². The van der Waals surface area contributed by atoms with Crippen molar-refractivity contribution in [1.82, 2.24) is 5.32 Å². The van der Waals surface area contributed by atoms with Crippen LogP contribution in [0, 0.1) is 18.7 Å². The molecule has 1 aromatic carbocycles. The van der Waals surface area contributed by atoms with Crippen LogP contribution in [0.2, 0.25) is 0 Å². The van der Waals surface area contributed by atoms with Gasteiger partial charge in [-0.2, -0.15) is 0 Å². The Labute approximate surface area is 143 Å². The Morgan fingerprint density at radius 1 is 1.33 bits per heavy atom. The molecule has 1 N–H and O–H groups in total. The van der Waals surface area contributed by atoms with Crippen LogP contribution in [-0.2, 0) is 9.53 Å². The van der Waals surface area contributed by atoms with E-state index in [0.29, 0.717) is 18.0 Å². The number of hydrogen-bond donors (Lipinski definition) is 1. The van der Waals surface area contributed by atoms with Crippen LogP contribution in [0.5, 0.6) is 0 Å². The summed E-state index contributed by atoms with van der Waals surface area (Å²) in [6, 6.07) is 5.44. The molecule has 4 nitrogen and oxygen atoms in total. The van der Waals surface area contributed by atoms with Gasteiger partial charge in [0.2, 0.25) is 5.91 Å².